The highest BCUT2D eigenvalue weighted by Gasteiger charge is 2.43. The van der Waals surface area contributed by atoms with E-state index >= 15 is 0 Å². The van der Waals surface area contributed by atoms with E-state index in [1.807, 2.05) is 0 Å². The number of carbonyl (C=O) groups is 1. The van der Waals surface area contributed by atoms with Gasteiger partial charge in [-0.15, -0.1) is 0 Å². The number of hydrogen-bond donors (Lipinski definition) is 1. The van der Waals surface area contributed by atoms with Crippen LogP contribution < -0.4 is 5.32 Å². The highest BCUT2D eigenvalue weighted by atomic mass is 16.6. The van der Waals surface area contributed by atoms with Gasteiger partial charge in [0, 0.05) is 0 Å². The number of rotatable bonds is 4. The van der Waals surface area contributed by atoms with Gasteiger partial charge in [0.05, 0.1) is 13.2 Å². The second-order valence-electron chi connectivity index (χ2n) is 4.43. The van der Waals surface area contributed by atoms with Crippen molar-refractivity contribution >= 4 is 5.97 Å². The number of carbonyl (C=O) groups excluding carboxylic acids is 1. The molecular formula is C11H19NO3. The van der Waals surface area contributed by atoms with Crippen LogP contribution in [-0.4, -0.2) is 37.4 Å². The van der Waals surface area contributed by atoms with Crippen molar-refractivity contribution < 1.29 is 14.3 Å². The Labute approximate surface area is 90.3 Å². The maximum absolute atomic E-state index is 12.0. The van der Waals surface area contributed by atoms with E-state index in [4.69, 9.17) is 9.47 Å². The number of nitrogens with one attached hydrogen (secondary N) is 1. The summed E-state index contributed by atoms with van der Waals surface area (Å²) in [5, 5.41) is 3.31. The van der Waals surface area contributed by atoms with Crippen LogP contribution in [0.2, 0.25) is 0 Å². The summed E-state index contributed by atoms with van der Waals surface area (Å²) in [5.41, 5.74) is -0.398. The lowest BCUT2D eigenvalue weighted by Gasteiger charge is -2.32. The average molecular weight is 213 g/mol. The van der Waals surface area contributed by atoms with Crippen molar-refractivity contribution in [1.82, 2.24) is 5.32 Å². The van der Waals surface area contributed by atoms with E-state index in [0.717, 1.165) is 32.2 Å². The first-order valence-corrected chi connectivity index (χ1v) is 5.81. The molecule has 0 amide bonds. The normalized spacial score (nSPS) is 31.3. The van der Waals surface area contributed by atoms with E-state index in [-0.39, 0.29) is 12.1 Å². The van der Waals surface area contributed by atoms with E-state index < -0.39 is 5.54 Å². The van der Waals surface area contributed by atoms with Crippen molar-refractivity contribution in [2.75, 3.05) is 19.8 Å². The van der Waals surface area contributed by atoms with Crippen molar-refractivity contribution in [2.45, 2.75) is 44.2 Å². The predicted octanol–water partition coefficient (Wildman–Crippen LogP) is 0.851. The SMILES string of the molecule is CCCC1(C(=O)OC2COC2)CCCN1. The highest BCUT2D eigenvalue weighted by molar-refractivity contribution is 5.81. The van der Waals surface area contributed by atoms with Crippen LogP contribution in [0.1, 0.15) is 32.6 Å². The fraction of sp³-hybridized carbons (Fsp3) is 0.909. The summed E-state index contributed by atoms with van der Waals surface area (Å²) >= 11 is 0. The van der Waals surface area contributed by atoms with Gasteiger partial charge < -0.3 is 14.8 Å². The molecule has 2 rings (SSSR count). The van der Waals surface area contributed by atoms with Gasteiger partial charge in [-0.05, 0) is 25.8 Å². The van der Waals surface area contributed by atoms with Crippen LogP contribution in [0.3, 0.4) is 0 Å². The zero-order valence-electron chi connectivity index (χ0n) is 9.25. The molecule has 0 radical (unpaired) electrons. The third-order valence-electron chi connectivity index (χ3n) is 3.19. The summed E-state index contributed by atoms with van der Waals surface area (Å²) in [6, 6.07) is 0. The second-order valence-corrected chi connectivity index (χ2v) is 4.43. The van der Waals surface area contributed by atoms with Crippen LogP contribution in [0.25, 0.3) is 0 Å². The van der Waals surface area contributed by atoms with Crippen molar-refractivity contribution in [3.05, 3.63) is 0 Å². The Balaban J connectivity index is 1.93. The molecule has 2 fully saturated rings. The van der Waals surface area contributed by atoms with Gasteiger partial charge >= 0.3 is 5.97 Å². The van der Waals surface area contributed by atoms with Gasteiger partial charge in [-0.2, -0.15) is 0 Å². The first-order valence-electron chi connectivity index (χ1n) is 5.81. The number of esters is 1. The molecule has 2 heterocycles. The molecule has 2 aliphatic rings. The molecule has 0 aliphatic carbocycles. The molecule has 1 unspecified atom stereocenters. The monoisotopic (exact) mass is 213 g/mol. The summed E-state index contributed by atoms with van der Waals surface area (Å²) in [4.78, 5) is 12.0. The molecule has 0 spiro atoms. The molecule has 0 bridgehead atoms. The lowest BCUT2D eigenvalue weighted by molar-refractivity contribution is -0.179. The fourth-order valence-corrected chi connectivity index (χ4v) is 2.27. The highest BCUT2D eigenvalue weighted by Crippen LogP contribution is 2.27. The van der Waals surface area contributed by atoms with Gasteiger partial charge in [0.25, 0.3) is 0 Å². The molecule has 1 atom stereocenters. The van der Waals surface area contributed by atoms with Crippen molar-refractivity contribution in [3.8, 4) is 0 Å². The maximum Gasteiger partial charge on any atom is 0.326 e. The smallest absolute Gasteiger partial charge is 0.326 e. The van der Waals surface area contributed by atoms with E-state index in [9.17, 15) is 4.79 Å². The summed E-state index contributed by atoms with van der Waals surface area (Å²) < 4.78 is 10.4. The van der Waals surface area contributed by atoms with Crippen molar-refractivity contribution in [3.63, 3.8) is 0 Å². The first kappa shape index (κ1) is 10.9. The number of ether oxygens (including phenoxy) is 2. The third kappa shape index (κ3) is 2.16. The summed E-state index contributed by atoms with van der Waals surface area (Å²) in [5.74, 6) is -0.0739. The molecule has 0 saturated carbocycles. The van der Waals surface area contributed by atoms with Crippen LogP contribution in [0.15, 0.2) is 0 Å². The molecule has 4 nitrogen and oxygen atoms in total. The van der Waals surface area contributed by atoms with Crippen LogP contribution in [0.5, 0.6) is 0 Å². The quantitative estimate of drug-likeness (QED) is 0.703. The molecule has 4 heteroatoms. The minimum atomic E-state index is -0.398. The van der Waals surface area contributed by atoms with E-state index in [0.29, 0.717) is 13.2 Å². The van der Waals surface area contributed by atoms with Gasteiger partial charge in [0.1, 0.15) is 11.6 Å². The van der Waals surface area contributed by atoms with E-state index in [1.54, 1.807) is 0 Å². The van der Waals surface area contributed by atoms with Crippen LogP contribution in [-0.2, 0) is 14.3 Å². The zero-order chi connectivity index (χ0) is 10.7. The van der Waals surface area contributed by atoms with Gasteiger partial charge in [-0.25, -0.2) is 0 Å². The standard InChI is InChI=1S/C11H19NO3/c1-2-4-11(5-3-6-12-11)10(13)15-9-7-14-8-9/h9,12H,2-8H2,1H3. The minimum Gasteiger partial charge on any atom is -0.456 e. The molecule has 1 N–H and O–H groups in total. The van der Waals surface area contributed by atoms with Crippen molar-refractivity contribution in [2.24, 2.45) is 0 Å². The molecule has 0 aromatic rings. The van der Waals surface area contributed by atoms with Gasteiger partial charge in [0.2, 0.25) is 0 Å². The fourth-order valence-electron chi connectivity index (χ4n) is 2.27. The topological polar surface area (TPSA) is 47.6 Å². The summed E-state index contributed by atoms with van der Waals surface area (Å²) in [6.45, 7) is 4.15. The lowest BCUT2D eigenvalue weighted by Crippen LogP contribution is -2.52. The predicted molar refractivity (Wildman–Crippen MR) is 55.6 cm³/mol. The Morgan fingerprint density at radius 2 is 2.40 bits per heavy atom. The van der Waals surface area contributed by atoms with E-state index in [2.05, 4.69) is 12.2 Å². The van der Waals surface area contributed by atoms with Gasteiger partial charge in [0.15, 0.2) is 0 Å². The first-order chi connectivity index (χ1) is 7.27. The Bertz CT molecular complexity index is 232. The van der Waals surface area contributed by atoms with Crippen LogP contribution >= 0.6 is 0 Å². The Kier molecular flexibility index (Phi) is 3.26. The third-order valence-corrected chi connectivity index (χ3v) is 3.19. The largest absolute Gasteiger partial charge is 0.456 e. The molecule has 2 aliphatic heterocycles. The Morgan fingerprint density at radius 1 is 1.60 bits per heavy atom. The molecule has 15 heavy (non-hydrogen) atoms. The maximum atomic E-state index is 12.0. The Morgan fingerprint density at radius 3 is 2.87 bits per heavy atom. The molecular weight excluding hydrogens is 194 g/mol. The van der Waals surface area contributed by atoms with E-state index in [1.165, 1.54) is 0 Å². The molecule has 2 saturated heterocycles. The number of hydrogen-bond acceptors (Lipinski definition) is 4. The lowest BCUT2D eigenvalue weighted by atomic mass is 9.92. The molecule has 0 aromatic carbocycles. The van der Waals surface area contributed by atoms with Crippen LogP contribution in [0, 0.1) is 0 Å². The van der Waals surface area contributed by atoms with Gasteiger partial charge in [-0.1, -0.05) is 13.3 Å². The van der Waals surface area contributed by atoms with Crippen LogP contribution in [0.4, 0.5) is 0 Å². The zero-order valence-corrected chi connectivity index (χ0v) is 9.25. The van der Waals surface area contributed by atoms with Crippen molar-refractivity contribution in [1.29, 1.82) is 0 Å². The van der Waals surface area contributed by atoms with Gasteiger partial charge in [-0.3, -0.25) is 4.79 Å². The molecule has 86 valence electrons. The molecule has 0 aromatic heterocycles. The average Bonchev–Trinajstić information content (AvgIpc) is 2.61. The minimum absolute atomic E-state index is 0.00590. The second kappa shape index (κ2) is 4.49. The Hall–Kier alpha value is -0.610. The summed E-state index contributed by atoms with van der Waals surface area (Å²) in [7, 11) is 0. The summed E-state index contributed by atoms with van der Waals surface area (Å²) in [6.07, 6.45) is 3.85.